The molecule has 126 valence electrons. The fourth-order valence-corrected chi connectivity index (χ4v) is 1.96. The minimum atomic E-state index is -2.98. The molecule has 0 aliphatic carbocycles. The lowest BCUT2D eigenvalue weighted by Crippen LogP contribution is -2.18. The lowest BCUT2D eigenvalue weighted by atomic mass is 10.2. The first-order valence-corrected chi connectivity index (χ1v) is 7.58. The van der Waals surface area contributed by atoms with Gasteiger partial charge in [-0.05, 0) is 29.8 Å². The topological polar surface area (TPSA) is 59.9 Å². The molecule has 0 spiro atoms. The third-order valence-corrected chi connectivity index (χ3v) is 3.25. The first kappa shape index (κ1) is 17.9. The summed E-state index contributed by atoms with van der Waals surface area (Å²) in [5.74, 6) is -0.674. The van der Waals surface area contributed by atoms with Crippen molar-refractivity contribution in [3.63, 3.8) is 0 Å². The van der Waals surface area contributed by atoms with Gasteiger partial charge in [-0.1, -0.05) is 45.4 Å². The molecule has 0 bridgehead atoms. The molecule has 0 atom stereocenters. The Balaban J connectivity index is 1.84. The van der Waals surface area contributed by atoms with Gasteiger partial charge in [-0.25, -0.2) is 0 Å². The number of amides is 1. The second-order valence-electron chi connectivity index (χ2n) is 4.48. The van der Waals surface area contributed by atoms with E-state index in [0.29, 0.717) is 0 Å². The number of carbonyl (C=O) groups excluding carboxylic acids is 1. The van der Waals surface area contributed by atoms with Gasteiger partial charge in [-0.15, -0.1) is 0 Å². The molecule has 2 aromatic carbocycles. The van der Waals surface area contributed by atoms with Crippen molar-refractivity contribution in [2.45, 2.75) is 6.61 Å². The Morgan fingerprint density at radius 2 is 1.92 bits per heavy atom. The van der Waals surface area contributed by atoms with Gasteiger partial charge in [-0.3, -0.25) is 4.79 Å². The lowest BCUT2D eigenvalue weighted by Gasteiger charge is -2.11. The maximum atomic E-state index is 12.3. The molecule has 24 heavy (non-hydrogen) atoms. The number of rotatable bonds is 7. The van der Waals surface area contributed by atoms with Gasteiger partial charge in [-0.2, -0.15) is 8.78 Å². The van der Waals surface area contributed by atoms with Gasteiger partial charge in [0.05, 0.1) is 11.9 Å². The normalized spacial score (nSPS) is 10.8. The molecular formula is C16H13BrF2N2O3. The summed E-state index contributed by atoms with van der Waals surface area (Å²) in [6, 6.07) is 13.2. The number of halogens is 3. The number of oxime groups is 1. The fourth-order valence-electron chi connectivity index (χ4n) is 1.70. The third kappa shape index (κ3) is 5.96. The van der Waals surface area contributed by atoms with Crippen LogP contribution in [0.15, 0.2) is 58.2 Å². The third-order valence-electron chi connectivity index (χ3n) is 2.72. The SMILES string of the molecule is O=C(CO/N=C\c1ccc(Br)cc1)Nc1ccccc1OC(F)F. The maximum Gasteiger partial charge on any atom is 0.387 e. The van der Waals surface area contributed by atoms with Crippen LogP contribution in [-0.2, 0) is 9.63 Å². The average Bonchev–Trinajstić information content (AvgIpc) is 2.55. The number of benzene rings is 2. The summed E-state index contributed by atoms with van der Waals surface area (Å²) in [6.45, 7) is -3.34. The molecule has 0 aliphatic heterocycles. The zero-order valence-corrected chi connectivity index (χ0v) is 13.9. The number of hydrogen-bond acceptors (Lipinski definition) is 4. The second-order valence-corrected chi connectivity index (χ2v) is 5.40. The molecule has 0 fully saturated rings. The molecule has 0 radical (unpaired) electrons. The maximum absolute atomic E-state index is 12.3. The van der Waals surface area contributed by atoms with Crippen LogP contribution < -0.4 is 10.1 Å². The highest BCUT2D eigenvalue weighted by atomic mass is 79.9. The molecule has 0 saturated carbocycles. The Bertz CT molecular complexity index is 709. The summed E-state index contributed by atoms with van der Waals surface area (Å²) >= 11 is 3.31. The predicted molar refractivity (Wildman–Crippen MR) is 89.4 cm³/mol. The quantitative estimate of drug-likeness (QED) is 0.565. The highest BCUT2D eigenvalue weighted by Gasteiger charge is 2.11. The van der Waals surface area contributed by atoms with Crippen molar-refractivity contribution in [3.05, 3.63) is 58.6 Å². The first-order chi connectivity index (χ1) is 11.5. The van der Waals surface area contributed by atoms with E-state index in [0.717, 1.165) is 10.0 Å². The van der Waals surface area contributed by atoms with Crippen molar-refractivity contribution in [1.29, 1.82) is 0 Å². The zero-order chi connectivity index (χ0) is 17.4. The van der Waals surface area contributed by atoms with Crippen LogP contribution in [0.25, 0.3) is 0 Å². The molecule has 1 N–H and O–H groups in total. The van der Waals surface area contributed by atoms with E-state index >= 15 is 0 Å². The molecule has 8 heteroatoms. The average molecular weight is 399 g/mol. The number of hydrogen-bond donors (Lipinski definition) is 1. The largest absolute Gasteiger partial charge is 0.433 e. The van der Waals surface area contributed by atoms with E-state index in [2.05, 4.69) is 31.1 Å². The van der Waals surface area contributed by atoms with E-state index in [-0.39, 0.29) is 18.0 Å². The number of nitrogens with one attached hydrogen (secondary N) is 1. The van der Waals surface area contributed by atoms with Crippen molar-refractivity contribution in [2.75, 3.05) is 11.9 Å². The van der Waals surface area contributed by atoms with Crippen molar-refractivity contribution in [1.82, 2.24) is 0 Å². The zero-order valence-electron chi connectivity index (χ0n) is 12.3. The Morgan fingerprint density at radius 1 is 1.21 bits per heavy atom. The Morgan fingerprint density at radius 3 is 2.62 bits per heavy atom. The number of anilines is 1. The first-order valence-electron chi connectivity index (χ1n) is 6.79. The smallest absolute Gasteiger partial charge is 0.387 e. The number of para-hydroxylation sites is 2. The molecule has 0 saturated heterocycles. The van der Waals surface area contributed by atoms with Gasteiger partial charge >= 0.3 is 6.61 Å². The molecule has 0 aliphatic rings. The molecule has 0 aromatic heterocycles. The van der Waals surface area contributed by atoms with Gasteiger partial charge < -0.3 is 14.9 Å². The Hall–Kier alpha value is -2.48. The van der Waals surface area contributed by atoms with Crippen molar-refractivity contribution in [3.8, 4) is 5.75 Å². The summed E-state index contributed by atoms with van der Waals surface area (Å²) in [4.78, 5) is 16.6. The van der Waals surface area contributed by atoms with Gasteiger partial charge in [0.25, 0.3) is 5.91 Å². The molecular weight excluding hydrogens is 386 g/mol. The van der Waals surface area contributed by atoms with E-state index in [1.165, 1.54) is 24.4 Å². The van der Waals surface area contributed by atoms with Crippen LogP contribution in [-0.4, -0.2) is 25.3 Å². The van der Waals surface area contributed by atoms with E-state index in [9.17, 15) is 13.6 Å². The lowest BCUT2D eigenvalue weighted by molar-refractivity contribution is -0.120. The van der Waals surface area contributed by atoms with E-state index < -0.39 is 12.5 Å². The minimum Gasteiger partial charge on any atom is -0.433 e. The standard InChI is InChI=1S/C16H13BrF2N2O3/c17-12-7-5-11(6-8-12)9-20-23-10-15(22)21-13-3-1-2-4-14(13)24-16(18)19/h1-9,16H,10H2,(H,21,22)/b20-9-. The van der Waals surface area contributed by atoms with Crippen LogP contribution in [0.1, 0.15) is 5.56 Å². The van der Waals surface area contributed by atoms with Crippen LogP contribution >= 0.6 is 15.9 Å². The monoisotopic (exact) mass is 398 g/mol. The van der Waals surface area contributed by atoms with Gasteiger partial charge in [0, 0.05) is 4.47 Å². The van der Waals surface area contributed by atoms with Crippen LogP contribution in [0.2, 0.25) is 0 Å². The molecule has 1 amide bonds. The highest BCUT2D eigenvalue weighted by molar-refractivity contribution is 9.10. The summed E-state index contributed by atoms with van der Waals surface area (Å²) in [7, 11) is 0. The Kier molecular flexibility index (Phi) is 6.68. The number of nitrogens with zero attached hydrogens (tertiary/aromatic N) is 1. The van der Waals surface area contributed by atoms with Gasteiger partial charge in [0.1, 0.15) is 5.75 Å². The second kappa shape index (κ2) is 8.97. The van der Waals surface area contributed by atoms with Crippen molar-refractivity contribution in [2.24, 2.45) is 5.16 Å². The predicted octanol–water partition coefficient (Wildman–Crippen LogP) is 4.04. The van der Waals surface area contributed by atoms with Crippen LogP contribution in [0.3, 0.4) is 0 Å². The number of carbonyl (C=O) groups is 1. The molecule has 0 unspecified atom stereocenters. The fraction of sp³-hybridized carbons (Fsp3) is 0.125. The minimum absolute atomic E-state index is 0.126. The molecule has 0 heterocycles. The number of ether oxygens (including phenoxy) is 1. The summed E-state index contributed by atoms with van der Waals surface area (Å²) in [6.07, 6.45) is 1.45. The number of alkyl halides is 2. The van der Waals surface area contributed by atoms with Gasteiger partial charge in [0.2, 0.25) is 0 Å². The van der Waals surface area contributed by atoms with Crippen molar-refractivity contribution >= 4 is 33.7 Å². The van der Waals surface area contributed by atoms with E-state index in [1.54, 1.807) is 6.07 Å². The summed E-state index contributed by atoms with van der Waals surface area (Å²) in [5.41, 5.74) is 0.928. The molecule has 2 rings (SSSR count). The van der Waals surface area contributed by atoms with Gasteiger partial charge in [0.15, 0.2) is 6.61 Å². The van der Waals surface area contributed by atoms with Crippen LogP contribution in [0, 0.1) is 0 Å². The van der Waals surface area contributed by atoms with Crippen LogP contribution in [0.4, 0.5) is 14.5 Å². The van der Waals surface area contributed by atoms with Crippen molar-refractivity contribution < 1.29 is 23.1 Å². The summed E-state index contributed by atoms with van der Waals surface area (Å²) < 4.78 is 29.8. The molecule has 2 aromatic rings. The van der Waals surface area contributed by atoms with Crippen LogP contribution in [0.5, 0.6) is 5.75 Å². The summed E-state index contributed by atoms with van der Waals surface area (Å²) in [5, 5.41) is 6.09. The Labute approximate surface area is 145 Å². The highest BCUT2D eigenvalue weighted by Crippen LogP contribution is 2.25. The van der Waals surface area contributed by atoms with E-state index in [1.807, 2.05) is 24.3 Å². The van der Waals surface area contributed by atoms with E-state index in [4.69, 9.17) is 4.84 Å². The molecule has 5 nitrogen and oxygen atoms in total.